The van der Waals surface area contributed by atoms with Crippen molar-refractivity contribution in [3.8, 4) is 0 Å². The van der Waals surface area contributed by atoms with Gasteiger partial charge in [-0.15, -0.1) is 0 Å². The van der Waals surface area contributed by atoms with E-state index in [1.54, 1.807) is 17.7 Å². The van der Waals surface area contributed by atoms with Crippen LogP contribution in [0.25, 0.3) is 0 Å². The number of halogens is 4. The molecule has 0 aliphatic carbocycles. The van der Waals surface area contributed by atoms with Gasteiger partial charge in [0.15, 0.2) is 0 Å². The van der Waals surface area contributed by atoms with Gasteiger partial charge in [0.05, 0.1) is 0 Å². The predicted octanol–water partition coefficient (Wildman–Crippen LogP) is 1.77. The van der Waals surface area contributed by atoms with Gasteiger partial charge in [-0.2, -0.15) is 0 Å². The molecule has 0 fully saturated rings. The highest BCUT2D eigenvalue weighted by atomic mass is 19.5. The van der Waals surface area contributed by atoms with Crippen LogP contribution in [0.2, 0.25) is 0 Å². The number of nitrogens with zero attached hydrogens (tertiary/aromatic N) is 2. The molecular formula is C6H10BF4N2O-. The zero-order valence-electron chi connectivity index (χ0n) is 7.66. The maximum Gasteiger partial charge on any atom is 0.673 e. The van der Waals surface area contributed by atoms with Crippen LogP contribution in [0.1, 0.15) is 18.9 Å². The van der Waals surface area contributed by atoms with Gasteiger partial charge in [-0.25, -0.2) is 4.98 Å². The summed E-state index contributed by atoms with van der Waals surface area (Å²) >= 11 is 0. The normalized spacial score (nSPS) is 13.1. The van der Waals surface area contributed by atoms with Crippen molar-refractivity contribution in [3.05, 3.63) is 18.2 Å². The molecule has 1 unspecified atom stereocenters. The molecule has 0 saturated heterocycles. The van der Waals surface area contributed by atoms with E-state index in [-0.39, 0.29) is 0 Å². The Labute approximate surface area is 78.5 Å². The Morgan fingerprint density at radius 1 is 1.43 bits per heavy atom. The molecule has 0 saturated carbocycles. The van der Waals surface area contributed by atoms with Gasteiger partial charge in [0.2, 0.25) is 0 Å². The van der Waals surface area contributed by atoms with E-state index in [0.29, 0.717) is 5.82 Å². The number of aryl methyl sites for hydroxylation is 1. The quantitative estimate of drug-likeness (QED) is 0.570. The Balaban J connectivity index is 0.000000292. The zero-order valence-corrected chi connectivity index (χ0v) is 7.66. The molecule has 0 aliphatic rings. The summed E-state index contributed by atoms with van der Waals surface area (Å²) in [6.45, 7) is 1.70. The first-order valence-electron chi connectivity index (χ1n) is 3.74. The third kappa shape index (κ3) is 6.47. The smallest absolute Gasteiger partial charge is 0.418 e. The van der Waals surface area contributed by atoms with Gasteiger partial charge in [0.25, 0.3) is 0 Å². The van der Waals surface area contributed by atoms with E-state index in [1.807, 2.05) is 13.2 Å². The Hall–Kier alpha value is -1.05. The molecule has 1 aromatic rings. The molecule has 0 aromatic carbocycles. The van der Waals surface area contributed by atoms with Crippen LogP contribution in [0.3, 0.4) is 0 Å². The minimum Gasteiger partial charge on any atom is -0.418 e. The van der Waals surface area contributed by atoms with Crippen LogP contribution in [0.4, 0.5) is 17.3 Å². The number of hydrogen-bond acceptors (Lipinski definition) is 2. The van der Waals surface area contributed by atoms with Crippen molar-refractivity contribution in [3.63, 3.8) is 0 Å². The van der Waals surface area contributed by atoms with Crippen LogP contribution in [0.15, 0.2) is 12.4 Å². The Morgan fingerprint density at radius 3 is 2.00 bits per heavy atom. The zero-order chi connectivity index (χ0) is 11.4. The van der Waals surface area contributed by atoms with E-state index in [0.717, 1.165) is 0 Å². The van der Waals surface area contributed by atoms with E-state index in [1.165, 1.54) is 0 Å². The van der Waals surface area contributed by atoms with Gasteiger partial charge in [0, 0.05) is 19.4 Å². The van der Waals surface area contributed by atoms with E-state index >= 15 is 0 Å². The summed E-state index contributed by atoms with van der Waals surface area (Å²) in [5, 5.41) is 9.01. The Kier molecular flexibility index (Phi) is 4.62. The van der Waals surface area contributed by atoms with E-state index in [9.17, 15) is 17.3 Å². The van der Waals surface area contributed by atoms with Crippen LogP contribution in [-0.4, -0.2) is 21.9 Å². The van der Waals surface area contributed by atoms with Crippen molar-refractivity contribution in [2.24, 2.45) is 7.05 Å². The summed E-state index contributed by atoms with van der Waals surface area (Å²) in [5.41, 5.74) is 0. The highest BCUT2D eigenvalue weighted by Gasteiger charge is 2.20. The van der Waals surface area contributed by atoms with Crippen LogP contribution < -0.4 is 0 Å². The molecule has 0 amide bonds. The van der Waals surface area contributed by atoms with Gasteiger partial charge < -0.3 is 26.9 Å². The van der Waals surface area contributed by atoms with Crippen molar-refractivity contribution in [1.82, 2.24) is 9.55 Å². The van der Waals surface area contributed by atoms with E-state index in [2.05, 4.69) is 4.98 Å². The molecule has 3 nitrogen and oxygen atoms in total. The largest absolute Gasteiger partial charge is 0.673 e. The van der Waals surface area contributed by atoms with Crippen LogP contribution in [0.5, 0.6) is 0 Å². The summed E-state index contributed by atoms with van der Waals surface area (Å²) < 4.78 is 40.8. The molecule has 0 bridgehead atoms. The summed E-state index contributed by atoms with van der Waals surface area (Å²) in [4.78, 5) is 3.93. The topological polar surface area (TPSA) is 38.1 Å². The molecular weight excluding hydrogens is 203 g/mol. The monoisotopic (exact) mass is 213 g/mol. The Bertz CT molecular complexity index is 267. The van der Waals surface area contributed by atoms with Crippen molar-refractivity contribution in [1.29, 1.82) is 0 Å². The molecule has 1 rings (SSSR count). The minimum atomic E-state index is -6.00. The fraction of sp³-hybridized carbons (Fsp3) is 0.500. The molecule has 1 aromatic heterocycles. The second-order valence-corrected chi connectivity index (χ2v) is 2.57. The lowest BCUT2D eigenvalue weighted by atomic mass is 10.3. The highest BCUT2D eigenvalue weighted by molar-refractivity contribution is 6.50. The van der Waals surface area contributed by atoms with Crippen molar-refractivity contribution < 1.29 is 22.4 Å². The predicted molar refractivity (Wildman–Crippen MR) is 44.0 cm³/mol. The van der Waals surface area contributed by atoms with Gasteiger partial charge in [-0.05, 0) is 6.92 Å². The second kappa shape index (κ2) is 4.99. The van der Waals surface area contributed by atoms with Crippen LogP contribution in [-0.2, 0) is 7.05 Å². The standard InChI is InChI=1S/C6H10N2O.BF4/c1-5(9)6-7-3-4-8(6)2;2-1(3,4)5/h3-5,9H,1-2H3;/q;-1. The Morgan fingerprint density at radius 2 is 1.86 bits per heavy atom. The first-order chi connectivity index (χ1) is 6.22. The van der Waals surface area contributed by atoms with Crippen molar-refractivity contribution in [2.75, 3.05) is 0 Å². The van der Waals surface area contributed by atoms with Crippen LogP contribution in [0, 0.1) is 0 Å². The van der Waals surface area contributed by atoms with Gasteiger partial charge in [-0.1, -0.05) is 0 Å². The lowest BCUT2D eigenvalue weighted by molar-refractivity contribution is 0.185. The number of rotatable bonds is 1. The molecule has 1 heterocycles. The first-order valence-corrected chi connectivity index (χ1v) is 3.74. The molecule has 1 N–H and O–H groups in total. The molecule has 0 aliphatic heterocycles. The third-order valence-electron chi connectivity index (χ3n) is 1.23. The van der Waals surface area contributed by atoms with E-state index in [4.69, 9.17) is 5.11 Å². The first kappa shape index (κ1) is 13.0. The van der Waals surface area contributed by atoms with E-state index < -0.39 is 13.4 Å². The molecule has 14 heavy (non-hydrogen) atoms. The number of imidazole rings is 1. The fourth-order valence-electron chi connectivity index (χ4n) is 0.780. The minimum absolute atomic E-state index is 0.468. The van der Waals surface area contributed by atoms with Crippen molar-refractivity contribution in [2.45, 2.75) is 13.0 Å². The molecule has 0 spiro atoms. The molecule has 0 radical (unpaired) electrons. The number of hydrogen-bond donors (Lipinski definition) is 1. The average molecular weight is 213 g/mol. The lowest BCUT2D eigenvalue weighted by Crippen LogP contribution is -2.02. The molecule has 8 heteroatoms. The second-order valence-electron chi connectivity index (χ2n) is 2.57. The fourth-order valence-corrected chi connectivity index (χ4v) is 0.780. The lowest BCUT2D eigenvalue weighted by Gasteiger charge is -2.01. The van der Waals surface area contributed by atoms with Gasteiger partial charge in [-0.3, -0.25) is 0 Å². The molecule has 82 valence electrons. The summed E-state index contributed by atoms with van der Waals surface area (Å²) in [7, 11) is -4.14. The SMILES string of the molecule is CC(O)c1nccn1C.F[B-](F)(F)F. The van der Waals surface area contributed by atoms with Crippen molar-refractivity contribution >= 4 is 7.25 Å². The van der Waals surface area contributed by atoms with Gasteiger partial charge >= 0.3 is 7.25 Å². The number of aliphatic hydroxyl groups excluding tert-OH is 1. The number of aliphatic hydroxyl groups is 1. The maximum atomic E-state index is 9.75. The third-order valence-corrected chi connectivity index (χ3v) is 1.23. The number of aromatic nitrogens is 2. The summed E-state index contributed by atoms with van der Waals surface area (Å²) in [6, 6.07) is 0. The summed E-state index contributed by atoms with van der Waals surface area (Å²) in [5.74, 6) is 0.704. The average Bonchev–Trinajstić information content (AvgIpc) is 2.30. The van der Waals surface area contributed by atoms with Crippen LogP contribution >= 0.6 is 0 Å². The maximum absolute atomic E-state index is 9.75. The highest BCUT2D eigenvalue weighted by Crippen LogP contribution is 2.06. The summed E-state index contributed by atoms with van der Waals surface area (Å²) in [6.07, 6.45) is 3.01. The molecule has 1 atom stereocenters. The van der Waals surface area contributed by atoms with Gasteiger partial charge in [0.1, 0.15) is 11.9 Å².